The van der Waals surface area contributed by atoms with Gasteiger partial charge in [-0.15, -0.1) is 0 Å². The van der Waals surface area contributed by atoms with Crippen LogP contribution in [0.25, 0.3) is 0 Å². The lowest BCUT2D eigenvalue weighted by atomic mass is 10.1. The second-order valence-electron chi connectivity index (χ2n) is 5.38. The Morgan fingerprint density at radius 2 is 1.78 bits per heavy atom. The van der Waals surface area contributed by atoms with E-state index in [4.69, 9.17) is 11.6 Å². The second kappa shape index (κ2) is 6.72. The molecule has 0 bridgehead atoms. The fraction of sp³-hybridized carbons (Fsp3) is 0.333. The summed E-state index contributed by atoms with van der Waals surface area (Å²) in [5.41, 5.74) is 0.325. The van der Waals surface area contributed by atoms with E-state index in [1.807, 2.05) is 0 Å². The first kappa shape index (κ1) is 16.0. The van der Waals surface area contributed by atoms with Crippen LogP contribution in [0.1, 0.15) is 19.3 Å². The number of nitrogens with zero attached hydrogens (tertiary/aromatic N) is 3. The predicted octanol–water partition coefficient (Wildman–Crippen LogP) is 2.92. The number of benzene rings is 1. The van der Waals surface area contributed by atoms with Crippen molar-refractivity contribution in [3.8, 4) is 0 Å². The van der Waals surface area contributed by atoms with Crippen LogP contribution in [0.5, 0.6) is 0 Å². The van der Waals surface area contributed by atoms with E-state index >= 15 is 0 Å². The number of piperidine rings is 1. The predicted molar refractivity (Wildman–Crippen MR) is 90.4 cm³/mol. The minimum Gasteiger partial charge on any atom is -0.341 e. The maximum Gasteiger partial charge on any atom is 0.262 e. The van der Waals surface area contributed by atoms with Gasteiger partial charge in [-0.3, -0.25) is 4.72 Å². The van der Waals surface area contributed by atoms with Crippen molar-refractivity contribution >= 4 is 33.3 Å². The number of halogens is 1. The fourth-order valence-electron chi connectivity index (χ4n) is 2.48. The zero-order valence-corrected chi connectivity index (χ0v) is 14.0. The first-order valence-electron chi connectivity index (χ1n) is 7.40. The summed E-state index contributed by atoms with van der Waals surface area (Å²) in [6.07, 6.45) is 6.46. The molecule has 1 aromatic carbocycles. The number of anilines is 2. The molecule has 23 heavy (non-hydrogen) atoms. The van der Waals surface area contributed by atoms with Crippen LogP contribution in [0.3, 0.4) is 0 Å². The molecular weight excluding hydrogens is 336 g/mol. The molecule has 0 unspecified atom stereocenters. The molecule has 1 fully saturated rings. The Bertz CT molecular complexity index is 774. The Hall–Kier alpha value is -1.86. The van der Waals surface area contributed by atoms with E-state index < -0.39 is 10.0 Å². The second-order valence-corrected chi connectivity index (χ2v) is 7.50. The third-order valence-electron chi connectivity index (χ3n) is 3.64. The minimum absolute atomic E-state index is 0.102. The molecule has 1 saturated heterocycles. The maximum absolute atomic E-state index is 12.3. The van der Waals surface area contributed by atoms with Crippen LogP contribution in [0.2, 0.25) is 5.02 Å². The van der Waals surface area contributed by atoms with Gasteiger partial charge >= 0.3 is 0 Å². The highest BCUT2D eigenvalue weighted by atomic mass is 35.5. The number of hydrogen-bond acceptors (Lipinski definition) is 5. The molecule has 3 rings (SSSR count). The quantitative estimate of drug-likeness (QED) is 0.915. The lowest BCUT2D eigenvalue weighted by Gasteiger charge is -2.26. The Kier molecular flexibility index (Phi) is 4.68. The normalized spacial score (nSPS) is 15.4. The molecule has 0 spiro atoms. The number of rotatable bonds is 4. The van der Waals surface area contributed by atoms with Gasteiger partial charge in [-0.2, -0.15) is 0 Å². The van der Waals surface area contributed by atoms with Crippen molar-refractivity contribution in [3.05, 3.63) is 41.7 Å². The van der Waals surface area contributed by atoms with Crippen molar-refractivity contribution in [3.63, 3.8) is 0 Å². The van der Waals surface area contributed by atoms with Gasteiger partial charge in [0, 0.05) is 18.1 Å². The summed E-state index contributed by atoms with van der Waals surface area (Å²) >= 11 is 5.84. The smallest absolute Gasteiger partial charge is 0.262 e. The monoisotopic (exact) mass is 352 g/mol. The molecule has 1 aliphatic heterocycles. The molecule has 0 atom stereocenters. The van der Waals surface area contributed by atoms with Crippen LogP contribution in [-0.2, 0) is 10.0 Å². The molecule has 0 amide bonds. The van der Waals surface area contributed by atoms with E-state index in [0.717, 1.165) is 25.9 Å². The Morgan fingerprint density at radius 3 is 2.43 bits per heavy atom. The summed E-state index contributed by atoms with van der Waals surface area (Å²) in [5.74, 6) is 0.635. The van der Waals surface area contributed by atoms with Gasteiger partial charge in [-0.05, 0) is 37.5 Å². The molecular formula is C15H17ClN4O2S. The summed E-state index contributed by atoms with van der Waals surface area (Å²) in [6.45, 7) is 1.88. The van der Waals surface area contributed by atoms with Crippen molar-refractivity contribution in [1.82, 2.24) is 9.97 Å². The molecule has 0 saturated carbocycles. The van der Waals surface area contributed by atoms with Crippen LogP contribution in [0.4, 0.5) is 11.6 Å². The maximum atomic E-state index is 12.3. The third-order valence-corrected chi connectivity index (χ3v) is 5.25. The topological polar surface area (TPSA) is 75.2 Å². The highest BCUT2D eigenvalue weighted by molar-refractivity contribution is 7.92. The van der Waals surface area contributed by atoms with Crippen molar-refractivity contribution in [2.45, 2.75) is 24.2 Å². The fourth-order valence-corrected chi connectivity index (χ4v) is 3.81. The van der Waals surface area contributed by atoms with Crippen molar-refractivity contribution in [2.24, 2.45) is 0 Å². The van der Waals surface area contributed by atoms with Crippen molar-refractivity contribution in [1.29, 1.82) is 0 Å². The van der Waals surface area contributed by atoms with Crippen LogP contribution < -0.4 is 9.62 Å². The molecule has 1 aromatic heterocycles. The molecule has 122 valence electrons. The number of hydrogen-bond donors (Lipinski definition) is 1. The summed E-state index contributed by atoms with van der Waals surface area (Å²) in [5, 5.41) is 0.365. The lowest BCUT2D eigenvalue weighted by molar-refractivity contribution is 0.568. The minimum atomic E-state index is -3.70. The van der Waals surface area contributed by atoms with E-state index in [1.54, 1.807) is 12.1 Å². The zero-order chi connectivity index (χ0) is 16.3. The summed E-state index contributed by atoms with van der Waals surface area (Å²) in [6, 6.07) is 6.09. The van der Waals surface area contributed by atoms with Crippen molar-refractivity contribution < 1.29 is 8.42 Å². The van der Waals surface area contributed by atoms with Crippen LogP contribution in [0.15, 0.2) is 41.6 Å². The molecule has 1 aliphatic rings. The lowest BCUT2D eigenvalue weighted by Crippen LogP contribution is -2.30. The van der Waals surface area contributed by atoms with E-state index in [-0.39, 0.29) is 4.90 Å². The largest absolute Gasteiger partial charge is 0.341 e. The van der Waals surface area contributed by atoms with E-state index in [0.29, 0.717) is 16.7 Å². The first-order valence-corrected chi connectivity index (χ1v) is 9.26. The van der Waals surface area contributed by atoms with Gasteiger partial charge < -0.3 is 4.90 Å². The van der Waals surface area contributed by atoms with E-state index in [9.17, 15) is 8.42 Å². The summed E-state index contributed by atoms with van der Waals surface area (Å²) in [7, 11) is -3.70. The first-order chi connectivity index (χ1) is 11.0. The highest BCUT2D eigenvalue weighted by Gasteiger charge is 2.16. The Balaban J connectivity index is 1.75. The van der Waals surface area contributed by atoms with Gasteiger partial charge in [0.1, 0.15) is 0 Å². The van der Waals surface area contributed by atoms with Gasteiger partial charge in [-0.1, -0.05) is 17.7 Å². The van der Waals surface area contributed by atoms with Gasteiger partial charge in [0.05, 0.1) is 23.0 Å². The van der Waals surface area contributed by atoms with Crippen LogP contribution in [-0.4, -0.2) is 31.5 Å². The molecule has 2 heterocycles. The molecule has 1 N–H and O–H groups in total. The standard InChI is InChI=1S/C15H17ClN4O2S/c16-12-5-4-6-14(9-12)23(21,22)19-13-10-17-15(18-11-13)20-7-2-1-3-8-20/h4-6,9-11,19H,1-3,7-8H2. The van der Waals surface area contributed by atoms with Gasteiger partial charge in [0.2, 0.25) is 5.95 Å². The van der Waals surface area contributed by atoms with Crippen LogP contribution >= 0.6 is 11.6 Å². The molecule has 6 nitrogen and oxygen atoms in total. The van der Waals surface area contributed by atoms with Crippen molar-refractivity contribution in [2.75, 3.05) is 22.7 Å². The number of nitrogens with one attached hydrogen (secondary N) is 1. The van der Waals surface area contributed by atoms with Gasteiger partial charge in [0.15, 0.2) is 0 Å². The SMILES string of the molecule is O=S(=O)(Nc1cnc(N2CCCCC2)nc1)c1cccc(Cl)c1. The number of sulfonamides is 1. The molecule has 2 aromatic rings. The van der Waals surface area contributed by atoms with E-state index in [1.165, 1.54) is 30.9 Å². The summed E-state index contributed by atoms with van der Waals surface area (Å²) < 4.78 is 27.1. The summed E-state index contributed by atoms with van der Waals surface area (Å²) in [4.78, 5) is 10.7. The van der Waals surface area contributed by atoms with Gasteiger partial charge in [0.25, 0.3) is 10.0 Å². The average Bonchev–Trinajstić information content (AvgIpc) is 2.56. The molecule has 0 aliphatic carbocycles. The van der Waals surface area contributed by atoms with E-state index in [2.05, 4.69) is 19.6 Å². The Labute approximate surface area is 140 Å². The average molecular weight is 353 g/mol. The van der Waals surface area contributed by atoms with Crippen LogP contribution in [0, 0.1) is 0 Å². The Morgan fingerprint density at radius 1 is 1.09 bits per heavy atom. The highest BCUT2D eigenvalue weighted by Crippen LogP contribution is 2.20. The van der Waals surface area contributed by atoms with Gasteiger partial charge in [-0.25, -0.2) is 18.4 Å². The third kappa shape index (κ3) is 3.92. The number of aromatic nitrogens is 2. The molecule has 8 heteroatoms. The molecule has 0 radical (unpaired) electrons. The zero-order valence-electron chi connectivity index (χ0n) is 12.4.